The van der Waals surface area contributed by atoms with Gasteiger partial charge in [0.25, 0.3) is 0 Å². The zero-order valence-corrected chi connectivity index (χ0v) is 9.83. The predicted molar refractivity (Wildman–Crippen MR) is 57.4 cm³/mol. The molecule has 0 unspecified atom stereocenters. The minimum atomic E-state index is 0.843. The molecular weight excluding hydrogens is 268 g/mol. The van der Waals surface area contributed by atoms with Crippen LogP contribution in [0.5, 0.6) is 0 Å². The molecule has 0 bridgehead atoms. The Morgan fingerprint density at radius 1 is 1.27 bits per heavy atom. The molecule has 1 aliphatic carbocycles. The molecule has 1 saturated carbocycles. The van der Waals surface area contributed by atoms with Crippen LogP contribution in [-0.4, -0.2) is 5.33 Å². The fourth-order valence-electron chi connectivity index (χ4n) is 1.60. The summed E-state index contributed by atoms with van der Waals surface area (Å²) in [6.45, 7) is 0. The van der Waals surface area contributed by atoms with Crippen molar-refractivity contribution in [2.75, 3.05) is 5.33 Å². The lowest BCUT2D eigenvalue weighted by atomic mass is 9.89. The topological polar surface area (TPSA) is 0 Å². The summed E-state index contributed by atoms with van der Waals surface area (Å²) in [6, 6.07) is 0. The highest BCUT2D eigenvalue weighted by atomic mass is 79.9. The van der Waals surface area contributed by atoms with Gasteiger partial charge in [-0.15, -0.1) is 0 Å². The summed E-state index contributed by atoms with van der Waals surface area (Å²) in [5.41, 5.74) is 0. The van der Waals surface area contributed by atoms with Crippen LogP contribution in [-0.2, 0) is 0 Å². The van der Waals surface area contributed by atoms with Crippen molar-refractivity contribution in [1.29, 1.82) is 0 Å². The quantitative estimate of drug-likeness (QED) is 0.664. The van der Waals surface area contributed by atoms with E-state index in [0.717, 1.165) is 11.2 Å². The smallest absolute Gasteiger partial charge is 0.0346 e. The summed E-state index contributed by atoms with van der Waals surface area (Å²) in [6.07, 6.45) is 9.43. The highest BCUT2D eigenvalue weighted by Crippen LogP contribution is 2.26. The number of halogens is 2. The van der Waals surface area contributed by atoms with E-state index >= 15 is 0 Å². The molecular formula is C9H14Br2. The highest BCUT2D eigenvalue weighted by Gasteiger charge is 2.10. The van der Waals surface area contributed by atoms with Crippen molar-refractivity contribution in [2.45, 2.75) is 32.1 Å². The van der Waals surface area contributed by atoms with E-state index in [9.17, 15) is 0 Å². The fourth-order valence-corrected chi connectivity index (χ4v) is 2.16. The number of allylic oxidation sites excluding steroid dienone is 2. The Morgan fingerprint density at radius 3 is 2.45 bits per heavy atom. The van der Waals surface area contributed by atoms with Gasteiger partial charge in [-0.05, 0) is 18.8 Å². The SMILES string of the molecule is BrC/C(Br)=C/C1CCCCC1. The number of hydrogen-bond donors (Lipinski definition) is 0. The second-order valence-electron chi connectivity index (χ2n) is 3.15. The minimum Gasteiger partial charge on any atom is -0.0871 e. The normalized spacial score (nSPS) is 22.2. The predicted octanol–water partition coefficient (Wildman–Crippen LogP) is 4.24. The Balaban J connectivity index is 2.34. The first-order valence-electron chi connectivity index (χ1n) is 4.25. The molecule has 0 heterocycles. The maximum Gasteiger partial charge on any atom is 0.0346 e. The maximum absolute atomic E-state index is 3.53. The summed E-state index contributed by atoms with van der Waals surface area (Å²) in [5.74, 6) is 0.843. The van der Waals surface area contributed by atoms with Crippen molar-refractivity contribution in [3.05, 3.63) is 10.6 Å². The molecule has 1 fully saturated rings. The Bertz CT molecular complexity index is 134. The third kappa shape index (κ3) is 3.75. The van der Waals surface area contributed by atoms with Crippen molar-refractivity contribution >= 4 is 31.9 Å². The van der Waals surface area contributed by atoms with Crippen molar-refractivity contribution in [3.8, 4) is 0 Å². The Labute approximate surface area is 85.7 Å². The van der Waals surface area contributed by atoms with E-state index in [0.29, 0.717) is 0 Å². The fraction of sp³-hybridized carbons (Fsp3) is 0.778. The molecule has 0 saturated heterocycles. The van der Waals surface area contributed by atoms with Crippen LogP contribution < -0.4 is 0 Å². The average Bonchev–Trinajstić information content (AvgIpc) is 2.06. The molecule has 0 aromatic heterocycles. The number of hydrogen-bond acceptors (Lipinski definition) is 0. The van der Waals surface area contributed by atoms with Crippen LogP contribution in [0.2, 0.25) is 0 Å². The third-order valence-corrected chi connectivity index (χ3v) is 4.10. The van der Waals surface area contributed by atoms with E-state index in [-0.39, 0.29) is 0 Å². The molecule has 2 heteroatoms. The van der Waals surface area contributed by atoms with Gasteiger partial charge in [0.15, 0.2) is 0 Å². The van der Waals surface area contributed by atoms with Gasteiger partial charge in [-0.1, -0.05) is 57.2 Å². The van der Waals surface area contributed by atoms with Gasteiger partial charge >= 0.3 is 0 Å². The van der Waals surface area contributed by atoms with Crippen LogP contribution >= 0.6 is 31.9 Å². The molecule has 11 heavy (non-hydrogen) atoms. The van der Waals surface area contributed by atoms with Crippen LogP contribution in [0.25, 0.3) is 0 Å². The van der Waals surface area contributed by atoms with Gasteiger partial charge in [0.05, 0.1) is 0 Å². The van der Waals surface area contributed by atoms with E-state index in [1.165, 1.54) is 36.6 Å². The van der Waals surface area contributed by atoms with Gasteiger partial charge in [0.1, 0.15) is 0 Å². The molecule has 0 radical (unpaired) electrons. The van der Waals surface area contributed by atoms with E-state index in [4.69, 9.17) is 0 Å². The van der Waals surface area contributed by atoms with Gasteiger partial charge in [0, 0.05) is 9.81 Å². The second kappa shape index (κ2) is 5.36. The van der Waals surface area contributed by atoms with Gasteiger partial charge in [-0.2, -0.15) is 0 Å². The van der Waals surface area contributed by atoms with Crippen LogP contribution in [0, 0.1) is 5.92 Å². The van der Waals surface area contributed by atoms with E-state index in [1.54, 1.807) is 0 Å². The number of rotatable bonds is 2. The van der Waals surface area contributed by atoms with Gasteiger partial charge in [-0.25, -0.2) is 0 Å². The zero-order chi connectivity index (χ0) is 8.10. The zero-order valence-electron chi connectivity index (χ0n) is 6.65. The monoisotopic (exact) mass is 280 g/mol. The molecule has 0 spiro atoms. The summed E-state index contributed by atoms with van der Waals surface area (Å²) >= 11 is 6.95. The van der Waals surface area contributed by atoms with Gasteiger partial charge in [0.2, 0.25) is 0 Å². The van der Waals surface area contributed by atoms with Crippen LogP contribution in [0.15, 0.2) is 10.6 Å². The molecule has 64 valence electrons. The number of alkyl halides is 1. The van der Waals surface area contributed by atoms with Gasteiger partial charge < -0.3 is 0 Å². The Morgan fingerprint density at radius 2 is 1.91 bits per heavy atom. The van der Waals surface area contributed by atoms with Crippen LogP contribution in [0.4, 0.5) is 0 Å². The largest absolute Gasteiger partial charge is 0.0871 e. The highest BCUT2D eigenvalue weighted by molar-refractivity contribution is 9.13. The van der Waals surface area contributed by atoms with Crippen LogP contribution in [0.1, 0.15) is 32.1 Å². The lowest BCUT2D eigenvalue weighted by molar-refractivity contribution is 0.419. The summed E-state index contributed by atoms with van der Waals surface area (Å²) < 4.78 is 1.31. The van der Waals surface area contributed by atoms with E-state index in [2.05, 4.69) is 37.9 Å². The van der Waals surface area contributed by atoms with E-state index < -0.39 is 0 Å². The lowest BCUT2D eigenvalue weighted by Crippen LogP contribution is -2.03. The third-order valence-electron chi connectivity index (χ3n) is 2.19. The summed E-state index contributed by atoms with van der Waals surface area (Å²) in [7, 11) is 0. The molecule has 0 aromatic carbocycles. The minimum absolute atomic E-state index is 0.843. The summed E-state index contributed by atoms with van der Waals surface area (Å²) in [5, 5.41) is 0.962. The lowest BCUT2D eigenvalue weighted by Gasteiger charge is -2.18. The van der Waals surface area contributed by atoms with Crippen LogP contribution in [0.3, 0.4) is 0 Å². The molecule has 0 aliphatic heterocycles. The first-order valence-corrected chi connectivity index (χ1v) is 6.16. The molecule has 0 nitrogen and oxygen atoms in total. The average molecular weight is 282 g/mol. The van der Waals surface area contributed by atoms with Crippen molar-refractivity contribution in [2.24, 2.45) is 5.92 Å². The van der Waals surface area contributed by atoms with E-state index in [1.807, 2.05) is 0 Å². The molecule has 0 atom stereocenters. The second-order valence-corrected chi connectivity index (χ2v) is 4.72. The van der Waals surface area contributed by atoms with Gasteiger partial charge in [-0.3, -0.25) is 0 Å². The standard InChI is InChI=1S/C9H14Br2/c10-7-9(11)6-8-4-2-1-3-5-8/h6,8H,1-5,7H2/b9-6-. The molecule has 0 amide bonds. The molecule has 1 aliphatic rings. The van der Waals surface area contributed by atoms with Crippen molar-refractivity contribution in [1.82, 2.24) is 0 Å². The first-order chi connectivity index (χ1) is 5.33. The van der Waals surface area contributed by atoms with Crippen molar-refractivity contribution in [3.63, 3.8) is 0 Å². The first kappa shape index (κ1) is 9.79. The molecule has 0 N–H and O–H groups in total. The maximum atomic E-state index is 3.53. The Hall–Kier alpha value is 0.700. The molecule has 0 aromatic rings. The van der Waals surface area contributed by atoms with Crippen molar-refractivity contribution < 1.29 is 0 Å². The Kier molecular flexibility index (Phi) is 4.77. The molecule has 1 rings (SSSR count). The summed E-state index contributed by atoms with van der Waals surface area (Å²) in [4.78, 5) is 0.